The number of anilines is 1. The van der Waals surface area contributed by atoms with Crippen molar-refractivity contribution in [3.63, 3.8) is 0 Å². The van der Waals surface area contributed by atoms with Gasteiger partial charge in [0.2, 0.25) is 11.8 Å². The van der Waals surface area contributed by atoms with Gasteiger partial charge < -0.3 is 15.0 Å². The molecule has 0 bridgehead atoms. The Bertz CT molecular complexity index is 2190. The molecule has 3 fully saturated rings. The van der Waals surface area contributed by atoms with Crippen LogP contribution in [0.4, 0.5) is 10.1 Å². The monoisotopic (exact) mass is 774 g/mol. The van der Waals surface area contributed by atoms with E-state index in [1.807, 2.05) is 70.2 Å². The number of nitrogens with one attached hydrogen (secondary N) is 2. The molecule has 0 spiro atoms. The Hall–Kier alpha value is -5.61. The molecule has 12 nitrogen and oxygen atoms in total. The first kappa shape index (κ1) is 38.3. The van der Waals surface area contributed by atoms with Crippen LogP contribution in [0.25, 0.3) is 0 Å². The zero-order valence-corrected chi connectivity index (χ0v) is 32.9. The summed E-state index contributed by atoms with van der Waals surface area (Å²) >= 11 is 0. The normalized spacial score (nSPS) is 24.1. The summed E-state index contributed by atoms with van der Waals surface area (Å²) in [6.07, 6.45) is 1.94. The van der Waals surface area contributed by atoms with Gasteiger partial charge >= 0.3 is 0 Å². The van der Waals surface area contributed by atoms with Crippen molar-refractivity contribution in [3.8, 4) is 11.8 Å². The van der Waals surface area contributed by atoms with E-state index in [-0.39, 0.29) is 36.5 Å². The van der Waals surface area contributed by atoms with Crippen molar-refractivity contribution in [1.82, 2.24) is 20.4 Å². The maximum Gasteiger partial charge on any atom is 0.262 e. The lowest BCUT2D eigenvalue weighted by molar-refractivity contribution is -0.164. The molecular weight excluding hydrogens is 728 g/mol. The number of imide groups is 2. The molecule has 2 saturated heterocycles. The Labute approximate surface area is 331 Å². The van der Waals surface area contributed by atoms with Crippen molar-refractivity contribution >= 4 is 35.2 Å². The second-order valence-electron chi connectivity index (χ2n) is 17.5. The Morgan fingerprint density at radius 2 is 1.54 bits per heavy atom. The van der Waals surface area contributed by atoms with Gasteiger partial charge in [-0.15, -0.1) is 0 Å². The molecule has 1 unspecified atom stereocenters. The molecule has 4 heterocycles. The maximum atomic E-state index is 14.7. The summed E-state index contributed by atoms with van der Waals surface area (Å²) in [6, 6.07) is 15.1. The summed E-state index contributed by atoms with van der Waals surface area (Å²) < 4.78 is 21.0. The summed E-state index contributed by atoms with van der Waals surface area (Å²) in [5, 5.41) is 14.7. The van der Waals surface area contributed by atoms with E-state index < -0.39 is 46.3 Å². The molecule has 57 heavy (non-hydrogen) atoms. The third kappa shape index (κ3) is 6.53. The predicted octanol–water partition coefficient (Wildman–Crippen LogP) is 5.25. The van der Waals surface area contributed by atoms with Crippen LogP contribution in [-0.2, 0) is 22.7 Å². The first-order valence-corrected chi connectivity index (χ1v) is 19.7. The average molecular weight is 775 g/mol. The fraction of sp³-hybridized carbons (Fsp3) is 0.455. The van der Waals surface area contributed by atoms with E-state index in [1.54, 1.807) is 13.0 Å². The van der Waals surface area contributed by atoms with Gasteiger partial charge in [-0.2, -0.15) is 5.26 Å². The molecule has 4 aliphatic heterocycles. The number of rotatable bonds is 8. The van der Waals surface area contributed by atoms with E-state index in [1.165, 1.54) is 6.07 Å². The molecule has 8 rings (SSSR count). The molecule has 1 saturated carbocycles. The smallest absolute Gasteiger partial charge is 0.262 e. The number of nitrogens with zero attached hydrogens (tertiary/aromatic N) is 4. The van der Waals surface area contributed by atoms with Crippen LogP contribution in [-0.4, -0.2) is 77.2 Å². The van der Waals surface area contributed by atoms with Crippen molar-refractivity contribution in [2.75, 3.05) is 24.5 Å². The van der Waals surface area contributed by atoms with Gasteiger partial charge in [-0.3, -0.25) is 39.1 Å². The van der Waals surface area contributed by atoms with Crippen LogP contribution in [0.1, 0.15) is 107 Å². The van der Waals surface area contributed by atoms with Gasteiger partial charge in [0.25, 0.3) is 17.7 Å². The molecule has 3 aromatic carbocycles. The molecule has 0 radical (unpaired) electrons. The molecule has 3 aromatic rings. The summed E-state index contributed by atoms with van der Waals surface area (Å²) in [7, 11) is 0. The van der Waals surface area contributed by atoms with E-state index in [0.29, 0.717) is 47.0 Å². The number of benzene rings is 3. The number of fused-ring (bicyclic) bond motifs is 2. The highest BCUT2D eigenvalue weighted by Gasteiger charge is 2.64. The Morgan fingerprint density at radius 1 is 0.930 bits per heavy atom. The molecule has 2 N–H and O–H groups in total. The number of nitriles is 1. The van der Waals surface area contributed by atoms with Crippen LogP contribution in [0.5, 0.6) is 5.75 Å². The Balaban J connectivity index is 0.825. The predicted molar refractivity (Wildman–Crippen MR) is 208 cm³/mol. The number of ether oxygens (including phenoxy) is 1. The first-order valence-electron chi connectivity index (χ1n) is 19.7. The Kier molecular flexibility index (Phi) is 9.46. The topological polar surface area (TPSA) is 152 Å². The van der Waals surface area contributed by atoms with Crippen LogP contribution in [0.3, 0.4) is 0 Å². The van der Waals surface area contributed by atoms with Crippen LogP contribution in [0.15, 0.2) is 48.5 Å². The first-order chi connectivity index (χ1) is 27.1. The summed E-state index contributed by atoms with van der Waals surface area (Å²) in [4.78, 5) is 69.9. The standard InChI is InChI=1S/C44H47FN6O6/c1-24-34(12-8-27(20-46)36(24)45)57-42-43(2,3)41(44(42,4)5)48-37(53)26-6-9-30(10-7-26)50-16-14-25(15-17-50)21-49-22-28-18-31-32(19-29(28)23-49)40(56)51(39(31)55)33-11-13-35(52)47-38(33)54/h6-10,12,18-19,25,33,41-42H,11,13-17,21-23H2,1-5H3,(H,48,53)(H,47,52,54)/t33?,41-,42-. The molecule has 5 amide bonds. The van der Waals surface area contributed by atoms with Crippen LogP contribution in [0.2, 0.25) is 0 Å². The van der Waals surface area contributed by atoms with Crippen LogP contribution >= 0.6 is 0 Å². The van der Waals surface area contributed by atoms with Crippen molar-refractivity contribution in [2.24, 2.45) is 16.7 Å². The molecular formula is C44H47FN6O6. The van der Waals surface area contributed by atoms with Gasteiger partial charge in [-0.1, -0.05) is 27.7 Å². The highest BCUT2D eigenvalue weighted by molar-refractivity contribution is 6.23. The number of amides is 5. The zero-order valence-electron chi connectivity index (χ0n) is 32.9. The fourth-order valence-corrected chi connectivity index (χ4v) is 10.2. The summed E-state index contributed by atoms with van der Waals surface area (Å²) in [5.74, 6) is -1.82. The van der Waals surface area contributed by atoms with Gasteiger partial charge in [0.05, 0.1) is 16.7 Å². The van der Waals surface area contributed by atoms with Crippen LogP contribution in [0, 0.1) is 40.8 Å². The SMILES string of the molecule is Cc1c(O[C@H]2C(C)(C)[C@H](NC(=O)c3ccc(N4CCC(CN5Cc6cc7c(cc6C5)C(=O)N(C5CCC(=O)NC5=O)C7=O)CC4)cc3)C2(C)C)ccc(C#N)c1F. The highest BCUT2D eigenvalue weighted by Crippen LogP contribution is 2.56. The quantitative estimate of drug-likeness (QED) is 0.293. The minimum Gasteiger partial charge on any atom is -0.489 e. The molecule has 296 valence electrons. The molecule has 1 aliphatic carbocycles. The maximum absolute atomic E-state index is 14.7. The van der Waals surface area contributed by atoms with Gasteiger partial charge in [-0.05, 0) is 91.8 Å². The number of carbonyl (C=O) groups is 5. The Morgan fingerprint density at radius 3 is 2.12 bits per heavy atom. The molecule has 0 aromatic heterocycles. The number of carbonyl (C=O) groups excluding carboxylic acids is 5. The van der Waals surface area contributed by atoms with E-state index >= 15 is 0 Å². The fourth-order valence-electron chi connectivity index (χ4n) is 10.2. The summed E-state index contributed by atoms with van der Waals surface area (Å²) in [6.45, 7) is 13.8. The lowest BCUT2D eigenvalue weighted by Crippen LogP contribution is -2.74. The molecule has 13 heteroatoms. The second-order valence-corrected chi connectivity index (χ2v) is 17.5. The molecule has 5 aliphatic rings. The average Bonchev–Trinajstić information content (AvgIpc) is 3.69. The van der Waals surface area contributed by atoms with Crippen molar-refractivity contribution in [1.29, 1.82) is 5.26 Å². The third-order valence-electron chi connectivity index (χ3n) is 13.0. The van der Waals surface area contributed by atoms with E-state index in [4.69, 9.17) is 4.74 Å². The van der Waals surface area contributed by atoms with Gasteiger partial charge in [0.1, 0.15) is 29.8 Å². The number of hydrogen-bond donors (Lipinski definition) is 2. The largest absolute Gasteiger partial charge is 0.489 e. The van der Waals surface area contributed by atoms with Crippen LogP contribution < -0.4 is 20.3 Å². The van der Waals surface area contributed by atoms with Gasteiger partial charge in [-0.25, -0.2) is 4.39 Å². The van der Waals surface area contributed by atoms with E-state index in [0.717, 1.165) is 54.2 Å². The van der Waals surface area contributed by atoms with Crippen molar-refractivity contribution < 1.29 is 33.1 Å². The van der Waals surface area contributed by atoms with Crippen molar-refractivity contribution in [3.05, 3.63) is 93.3 Å². The lowest BCUT2D eigenvalue weighted by Gasteiger charge is -2.63. The molecule has 1 atom stereocenters. The third-order valence-corrected chi connectivity index (χ3v) is 13.0. The number of halogens is 1. The zero-order chi connectivity index (χ0) is 40.6. The number of hydrogen-bond acceptors (Lipinski definition) is 9. The van der Waals surface area contributed by atoms with E-state index in [9.17, 15) is 33.6 Å². The number of piperidine rings is 2. The van der Waals surface area contributed by atoms with Crippen molar-refractivity contribution in [2.45, 2.75) is 91.6 Å². The second kappa shape index (κ2) is 14.1. The van der Waals surface area contributed by atoms with Gasteiger partial charge in [0.15, 0.2) is 0 Å². The highest BCUT2D eigenvalue weighted by atomic mass is 19.1. The van der Waals surface area contributed by atoms with Gasteiger partial charge in [0, 0.05) is 72.8 Å². The minimum atomic E-state index is -0.972. The minimum absolute atomic E-state index is 0.0208. The summed E-state index contributed by atoms with van der Waals surface area (Å²) in [5.41, 5.74) is 3.71. The van der Waals surface area contributed by atoms with E-state index in [2.05, 4.69) is 20.4 Å². The lowest BCUT2D eigenvalue weighted by atomic mass is 9.49.